The zero-order valence-electron chi connectivity index (χ0n) is 19.1. The fourth-order valence-corrected chi connectivity index (χ4v) is 4.03. The summed E-state index contributed by atoms with van der Waals surface area (Å²) in [4.78, 5) is 12.9. The minimum atomic E-state index is -0.432. The highest BCUT2D eigenvalue weighted by molar-refractivity contribution is 14.1. The van der Waals surface area contributed by atoms with Gasteiger partial charge in [-0.1, -0.05) is 67.5 Å². The normalized spacial score (nSPS) is 12.0. The number of hydrogen-bond donors (Lipinski definition) is 1. The average molecular weight is 520 g/mol. The van der Waals surface area contributed by atoms with Crippen LogP contribution in [0.5, 0.6) is 11.5 Å². The topological polar surface area (TPSA) is 46.5 Å². The summed E-state index contributed by atoms with van der Waals surface area (Å²) in [6.07, 6.45) is 1.97. The lowest BCUT2D eigenvalue weighted by Gasteiger charge is -2.25. The van der Waals surface area contributed by atoms with Crippen LogP contribution in [0.2, 0.25) is 0 Å². The van der Waals surface area contributed by atoms with Crippen LogP contribution in [0.1, 0.15) is 88.4 Å². The summed E-state index contributed by atoms with van der Waals surface area (Å²) in [5.74, 6) is 0.297. The molecule has 2 aromatic rings. The van der Waals surface area contributed by atoms with E-state index < -0.39 is 5.97 Å². The number of benzene rings is 2. The summed E-state index contributed by atoms with van der Waals surface area (Å²) in [7, 11) is 0. The van der Waals surface area contributed by atoms with Gasteiger partial charge in [0.05, 0.1) is 9.13 Å². The van der Waals surface area contributed by atoms with Crippen molar-refractivity contribution in [3.8, 4) is 11.5 Å². The Labute approximate surface area is 194 Å². The van der Waals surface area contributed by atoms with E-state index >= 15 is 0 Å². The Hall–Kier alpha value is -1.82. The van der Waals surface area contributed by atoms with Gasteiger partial charge >= 0.3 is 5.97 Å². The highest BCUT2D eigenvalue weighted by Gasteiger charge is 2.24. The van der Waals surface area contributed by atoms with Gasteiger partial charge in [0.25, 0.3) is 0 Å². The molecule has 0 aliphatic carbocycles. The van der Waals surface area contributed by atoms with Gasteiger partial charge in [-0.2, -0.15) is 0 Å². The maximum Gasteiger partial charge on any atom is 0.343 e. The number of aromatic hydroxyl groups is 1. The maximum atomic E-state index is 12.9. The van der Waals surface area contributed by atoms with Gasteiger partial charge in [0.15, 0.2) is 0 Å². The quantitative estimate of drug-likeness (QED) is 0.251. The molecule has 3 nitrogen and oxygen atoms in total. The van der Waals surface area contributed by atoms with Crippen molar-refractivity contribution < 1.29 is 14.6 Å². The number of rotatable bonds is 5. The largest absolute Gasteiger partial charge is 0.507 e. The van der Waals surface area contributed by atoms with Gasteiger partial charge in [0.2, 0.25) is 0 Å². The van der Waals surface area contributed by atoms with Crippen LogP contribution < -0.4 is 4.74 Å². The molecule has 1 N–H and O–H groups in total. The predicted octanol–water partition coefficient (Wildman–Crippen LogP) is 7.62. The number of phenols is 1. The number of esters is 1. The van der Waals surface area contributed by atoms with Crippen LogP contribution in [0, 0.1) is 3.57 Å². The van der Waals surface area contributed by atoms with Crippen molar-refractivity contribution >= 4 is 34.1 Å². The monoisotopic (exact) mass is 520 g/mol. The van der Waals surface area contributed by atoms with Gasteiger partial charge in [0.1, 0.15) is 11.5 Å². The Morgan fingerprint density at radius 3 is 2.17 bits per heavy atom. The fourth-order valence-electron chi connectivity index (χ4n) is 3.41. The lowest BCUT2D eigenvalue weighted by Crippen LogP contribution is -2.17. The van der Waals surface area contributed by atoms with Crippen molar-refractivity contribution in [2.24, 2.45) is 0 Å². The van der Waals surface area contributed by atoms with Crippen molar-refractivity contribution in [2.75, 3.05) is 0 Å². The molecule has 162 valence electrons. The van der Waals surface area contributed by atoms with E-state index in [4.69, 9.17) is 4.74 Å². The van der Waals surface area contributed by atoms with Crippen molar-refractivity contribution in [2.45, 2.75) is 72.1 Å². The minimum absolute atomic E-state index is 0.109. The summed E-state index contributed by atoms with van der Waals surface area (Å²) in [6.45, 7) is 18.8. The van der Waals surface area contributed by atoms with Crippen molar-refractivity contribution in [3.05, 3.63) is 62.7 Å². The first-order chi connectivity index (χ1) is 13.8. The van der Waals surface area contributed by atoms with Crippen molar-refractivity contribution in [3.63, 3.8) is 0 Å². The maximum absolute atomic E-state index is 12.9. The Bertz CT molecular complexity index is 959. The van der Waals surface area contributed by atoms with E-state index in [0.29, 0.717) is 14.9 Å². The van der Waals surface area contributed by atoms with Crippen molar-refractivity contribution in [1.82, 2.24) is 0 Å². The predicted molar refractivity (Wildman–Crippen MR) is 134 cm³/mol. The third kappa shape index (κ3) is 5.65. The highest BCUT2D eigenvalue weighted by Crippen LogP contribution is 2.37. The summed E-state index contributed by atoms with van der Waals surface area (Å²) in [5, 5.41) is 10.4. The van der Waals surface area contributed by atoms with Crippen LogP contribution in [-0.2, 0) is 10.8 Å². The molecule has 0 radical (unpaired) electrons. The Morgan fingerprint density at radius 2 is 1.63 bits per heavy atom. The molecule has 0 bridgehead atoms. The third-order valence-electron chi connectivity index (χ3n) is 5.05. The standard InChI is InChI=1S/C26H33IO3/c1-9-10-16(2)19-12-11-18(15-20(19)25(3,4)5)30-24(29)17-13-21(26(6,7)8)23(28)22(27)14-17/h11-15,28H,2,9-10H2,1,3-8H3. The third-order valence-corrected chi connectivity index (χ3v) is 5.87. The Balaban J connectivity index is 2.42. The average Bonchev–Trinajstić information content (AvgIpc) is 2.62. The van der Waals surface area contributed by atoms with E-state index in [1.54, 1.807) is 12.1 Å². The van der Waals surface area contributed by atoms with Crippen LogP contribution in [0.3, 0.4) is 0 Å². The van der Waals surface area contributed by atoms with Crippen LogP contribution in [-0.4, -0.2) is 11.1 Å². The zero-order chi connectivity index (χ0) is 22.9. The van der Waals surface area contributed by atoms with Gasteiger partial charge in [0, 0.05) is 5.56 Å². The molecule has 0 amide bonds. The number of allylic oxidation sites excluding steroid dienone is 1. The molecule has 0 saturated heterocycles. The van der Waals surface area contributed by atoms with Crippen LogP contribution in [0.25, 0.3) is 5.57 Å². The minimum Gasteiger partial charge on any atom is -0.507 e. The number of halogens is 1. The number of hydrogen-bond acceptors (Lipinski definition) is 3. The van der Waals surface area contributed by atoms with Crippen LogP contribution in [0.15, 0.2) is 36.9 Å². The smallest absolute Gasteiger partial charge is 0.343 e. The molecule has 0 atom stereocenters. The molecule has 0 aliphatic heterocycles. The lowest BCUT2D eigenvalue weighted by molar-refractivity contribution is 0.0734. The molecular weight excluding hydrogens is 487 g/mol. The van der Waals surface area contributed by atoms with Crippen molar-refractivity contribution in [1.29, 1.82) is 0 Å². The van der Waals surface area contributed by atoms with E-state index in [0.717, 1.165) is 35.1 Å². The van der Waals surface area contributed by atoms with Gasteiger partial charge in [-0.3, -0.25) is 0 Å². The molecule has 0 saturated carbocycles. The second-order valence-corrected chi connectivity index (χ2v) is 11.0. The molecule has 0 unspecified atom stereocenters. The summed E-state index contributed by atoms with van der Waals surface area (Å²) in [5.41, 5.74) is 4.09. The number of carbonyl (C=O) groups excluding carboxylic acids is 1. The van der Waals surface area contributed by atoms with E-state index in [2.05, 4.69) is 34.3 Å². The molecule has 4 heteroatoms. The van der Waals surface area contributed by atoms with Gasteiger partial charge in [-0.05, 0) is 80.8 Å². The number of carbonyl (C=O) groups is 1. The molecule has 0 spiro atoms. The summed E-state index contributed by atoms with van der Waals surface area (Å²) >= 11 is 2.05. The SMILES string of the molecule is C=C(CCC)c1ccc(OC(=O)c2cc(I)c(O)c(C(C)(C)C)c2)cc1C(C)(C)C. The Morgan fingerprint density at radius 1 is 1.03 bits per heavy atom. The molecular formula is C26H33IO3. The molecule has 2 rings (SSSR count). The molecule has 0 heterocycles. The van der Waals surface area contributed by atoms with Crippen LogP contribution in [0.4, 0.5) is 0 Å². The first-order valence-corrected chi connectivity index (χ1v) is 11.4. The van der Waals surface area contributed by atoms with Gasteiger partial charge in [-0.25, -0.2) is 4.79 Å². The zero-order valence-corrected chi connectivity index (χ0v) is 21.3. The highest BCUT2D eigenvalue weighted by atomic mass is 127. The number of ether oxygens (including phenoxy) is 1. The van der Waals surface area contributed by atoms with E-state index in [-0.39, 0.29) is 16.6 Å². The summed E-state index contributed by atoms with van der Waals surface area (Å²) < 4.78 is 6.37. The lowest BCUT2D eigenvalue weighted by atomic mass is 9.81. The molecule has 0 aliphatic rings. The van der Waals surface area contributed by atoms with E-state index in [1.165, 1.54) is 0 Å². The van der Waals surface area contributed by atoms with Gasteiger partial charge < -0.3 is 9.84 Å². The second-order valence-electron chi connectivity index (χ2n) is 9.80. The number of phenolic OH excluding ortho intramolecular Hbond substituents is 1. The van der Waals surface area contributed by atoms with Crippen LogP contribution >= 0.6 is 22.6 Å². The molecule has 2 aromatic carbocycles. The summed E-state index contributed by atoms with van der Waals surface area (Å²) in [6, 6.07) is 9.17. The Kier molecular flexibility index (Phi) is 7.44. The van der Waals surface area contributed by atoms with E-state index in [9.17, 15) is 9.90 Å². The van der Waals surface area contributed by atoms with E-state index in [1.807, 2.05) is 61.6 Å². The molecule has 0 fully saturated rings. The first kappa shape index (κ1) is 24.4. The second kappa shape index (κ2) is 9.13. The van der Waals surface area contributed by atoms with Gasteiger partial charge in [-0.15, -0.1) is 0 Å². The first-order valence-electron chi connectivity index (χ1n) is 10.3. The molecule has 30 heavy (non-hydrogen) atoms. The fraction of sp³-hybridized carbons (Fsp3) is 0.423. The molecule has 0 aromatic heterocycles.